The van der Waals surface area contributed by atoms with Gasteiger partial charge in [0.2, 0.25) is 0 Å². The molecule has 5 heteroatoms. The lowest BCUT2D eigenvalue weighted by Crippen LogP contribution is -2.37. The first-order chi connectivity index (χ1) is 7.47. The zero-order valence-corrected chi connectivity index (χ0v) is 9.75. The number of hydrogen-bond acceptors (Lipinski definition) is 4. The number of rotatable bonds is 5. The molecule has 0 spiro atoms. The molecule has 0 aliphatic rings. The molecule has 4 nitrogen and oxygen atoms in total. The van der Waals surface area contributed by atoms with E-state index in [-0.39, 0.29) is 6.42 Å². The molecule has 1 heterocycles. The van der Waals surface area contributed by atoms with Gasteiger partial charge < -0.3 is 15.8 Å². The molecule has 1 atom stereocenters. The van der Waals surface area contributed by atoms with Crippen molar-refractivity contribution in [1.29, 1.82) is 5.41 Å². The molecule has 0 aromatic carbocycles. The van der Waals surface area contributed by atoms with E-state index in [0.717, 1.165) is 0 Å². The van der Waals surface area contributed by atoms with Gasteiger partial charge in [0.05, 0.1) is 5.02 Å². The van der Waals surface area contributed by atoms with Gasteiger partial charge in [-0.1, -0.05) is 18.2 Å². The number of aliphatic hydroxyl groups is 1. The first kappa shape index (κ1) is 12.7. The molecule has 0 saturated carbocycles. The summed E-state index contributed by atoms with van der Waals surface area (Å²) < 4.78 is 0. The van der Waals surface area contributed by atoms with Crippen molar-refractivity contribution in [2.24, 2.45) is 0 Å². The standard InChI is InChI=1S/C11H14ClN3O/c1-3-11(16,7-8(2)13)15-10-9(12)5-4-6-14-10/h3-6,13,16H,1,7H2,2H3,(H,14,15). The summed E-state index contributed by atoms with van der Waals surface area (Å²) in [6, 6.07) is 3.36. The molecule has 0 saturated heterocycles. The van der Waals surface area contributed by atoms with Crippen LogP contribution in [0.25, 0.3) is 0 Å². The van der Waals surface area contributed by atoms with Crippen molar-refractivity contribution in [1.82, 2.24) is 4.98 Å². The van der Waals surface area contributed by atoms with Crippen molar-refractivity contribution in [3.8, 4) is 0 Å². The van der Waals surface area contributed by atoms with E-state index in [2.05, 4.69) is 16.9 Å². The minimum Gasteiger partial charge on any atom is -0.367 e. The van der Waals surface area contributed by atoms with Crippen LogP contribution in [0.2, 0.25) is 5.02 Å². The Bertz CT molecular complexity index is 408. The summed E-state index contributed by atoms with van der Waals surface area (Å²) in [5.74, 6) is 0.368. The van der Waals surface area contributed by atoms with Crippen LogP contribution in [0.3, 0.4) is 0 Å². The molecule has 0 amide bonds. The maximum Gasteiger partial charge on any atom is 0.161 e. The maximum absolute atomic E-state index is 10.1. The van der Waals surface area contributed by atoms with Gasteiger partial charge in [-0.2, -0.15) is 0 Å². The van der Waals surface area contributed by atoms with Gasteiger partial charge in [0.25, 0.3) is 0 Å². The van der Waals surface area contributed by atoms with Gasteiger partial charge in [0.1, 0.15) is 5.82 Å². The van der Waals surface area contributed by atoms with Crippen molar-refractivity contribution in [3.63, 3.8) is 0 Å². The van der Waals surface area contributed by atoms with Crippen molar-refractivity contribution in [2.45, 2.75) is 19.1 Å². The SMILES string of the molecule is C=CC(O)(CC(C)=N)Nc1ncccc1Cl. The highest BCUT2D eigenvalue weighted by Crippen LogP contribution is 2.23. The number of nitrogens with one attached hydrogen (secondary N) is 2. The lowest BCUT2D eigenvalue weighted by atomic mass is 10.1. The number of nitrogens with zero attached hydrogens (tertiary/aromatic N) is 1. The van der Waals surface area contributed by atoms with Crippen LogP contribution in [-0.2, 0) is 0 Å². The molecular weight excluding hydrogens is 226 g/mol. The topological polar surface area (TPSA) is 69.0 Å². The monoisotopic (exact) mass is 239 g/mol. The third-order valence-corrected chi connectivity index (χ3v) is 2.27. The Morgan fingerprint density at radius 2 is 2.50 bits per heavy atom. The zero-order chi connectivity index (χ0) is 12.2. The Kier molecular flexibility index (Phi) is 4.04. The van der Waals surface area contributed by atoms with Crippen LogP contribution in [-0.4, -0.2) is 21.5 Å². The fourth-order valence-corrected chi connectivity index (χ4v) is 1.42. The molecular formula is C11H14ClN3O. The van der Waals surface area contributed by atoms with E-state index in [1.54, 1.807) is 25.3 Å². The van der Waals surface area contributed by atoms with Crippen LogP contribution in [0, 0.1) is 5.41 Å². The van der Waals surface area contributed by atoms with Gasteiger partial charge in [-0.25, -0.2) is 4.98 Å². The average Bonchev–Trinajstić information content (AvgIpc) is 2.20. The Labute approximate surface area is 99.5 Å². The van der Waals surface area contributed by atoms with Crippen molar-refractivity contribution >= 4 is 23.1 Å². The Morgan fingerprint density at radius 3 is 3.00 bits per heavy atom. The fraction of sp³-hybridized carbons (Fsp3) is 0.273. The predicted molar refractivity (Wildman–Crippen MR) is 66.0 cm³/mol. The number of hydrogen-bond donors (Lipinski definition) is 3. The molecule has 86 valence electrons. The van der Waals surface area contributed by atoms with Crippen LogP contribution in [0.4, 0.5) is 5.82 Å². The van der Waals surface area contributed by atoms with Crippen LogP contribution in [0.1, 0.15) is 13.3 Å². The molecule has 0 bridgehead atoms. The van der Waals surface area contributed by atoms with Gasteiger partial charge in [-0.15, -0.1) is 0 Å². The third kappa shape index (κ3) is 3.32. The maximum atomic E-state index is 10.1. The summed E-state index contributed by atoms with van der Waals surface area (Å²) in [5.41, 5.74) is -1.06. The molecule has 1 aromatic rings. The van der Waals surface area contributed by atoms with Crippen molar-refractivity contribution in [2.75, 3.05) is 5.32 Å². The summed E-state index contributed by atoms with van der Waals surface area (Å²) in [6.45, 7) is 5.14. The fourth-order valence-electron chi connectivity index (χ4n) is 1.25. The minimum absolute atomic E-state index is 0.128. The zero-order valence-electron chi connectivity index (χ0n) is 9.00. The molecule has 0 aliphatic carbocycles. The lowest BCUT2D eigenvalue weighted by molar-refractivity contribution is 0.129. The Hall–Kier alpha value is -1.39. The third-order valence-electron chi connectivity index (χ3n) is 1.97. The lowest BCUT2D eigenvalue weighted by Gasteiger charge is -2.26. The molecule has 0 fully saturated rings. The van der Waals surface area contributed by atoms with E-state index in [1.165, 1.54) is 6.08 Å². The normalized spacial score (nSPS) is 13.9. The smallest absolute Gasteiger partial charge is 0.161 e. The van der Waals surface area contributed by atoms with Crippen LogP contribution in [0.15, 0.2) is 31.0 Å². The van der Waals surface area contributed by atoms with Gasteiger partial charge in [-0.3, -0.25) is 0 Å². The van der Waals surface area contributed by atoms with Crippen LogP contribution in [0.5, 0.6) is 0 Å². The van der Waals surface area contributed by atoms with Gasteiger partial charge in [-0.05, 0) is 25.1 Å². The van der Waals surface area contributed by atoms with E-state index >= 15 is 0 Å². The van der Waals surface area contributed by atoms with Crippen LogP contribution < -0.4 is 5.32 Å². The molecule has 16 heavy (non-hydrogen) atoms. The summed E-state index contributed by atoms with van der Waals surface area (Å²) in [4.78, 5) is 4.00. The summed E-state index contributed by atoms with van der Waals surface area (Å²) in [6.07, 6.45) is 3.02. The largest absolute Gasteiger partial charge is 0.367 e. The van der Waals surface area contributed by atoms with Crippen molar-refractivity contribution < 1.29 is 5.11 Å². The highest BCUT2D eigenvalue weighted by molar-refractivity contribution is 6.32. The highest BCUT2D eigenvalue weighted by atomic mass is 35.5. The molecule has 1 aromatic heterocycles. The van der Waals surface area contributed by atoms with E-state index in [0.29, 0.717) is 16.6 Å². The van der Waals surface area contributed by atoms with Crippen LogP contribution >= 0.6 is 11.6 Å². The first-order valence-electron chi connectivity index (χ1n) is 4.75. The first-order valence-corrected chi connectivity index (χ1v) is 5.13. The molecule has 1 unspecified atom stereocenters. The molecule has 0 radical (unpaired) electrons. The van der Waals surface area contributed by atoms with Crippen molar-refractivity contribution in [3.05, 3.63) is 36.0 Å². The van der Waals surface area contributed by atoms with E-state index in [4.69, 9.17) is 17.0 Å². The Balaban J connectivity index is 2.89. The number of aromatic nitrogens is 1. The number of pyridine rings is 1. The van der Waals surface area contributed by atoms with Gasteiger partial charge in [0.15, 0.2) is 5.72 Å². The second kappa shape index (κ2) is 5.09. The average molecular weight is 240 g/mol. The predicted octanol–water partition coefficient (Wildman–Crippen LogP) is 2.45. The minimum atomic E-state index is -1.40. The highest BCUT2D eigenvalue weighted by Gasteiger charge is 2.24. The van der Waals surface area contributed by atoms with Gasteiger partial charge >= 0.3 is 0 Å². The Morgan fingerprint density at radius 1 is 1.81 bits per heavy atom. The van der Waals surface area contributed by atoms with Gasteiger partial charge in [0, 0.05) is 18.3 Å². The molecule has 3 N–H and O–H groups in total. The van der Waals surface area contributed by atoms with E-state index in [1.807, 2.05) is 0 Å². The van der Waals surface area contributed by atoms with E-state index in [9.17, 15) is 5.11 Å². The number of anilines is 1. The molecule has 0 aliphatic heterocycles. The summed E-state index contributed by atoms with van der Waals surface area (Å²) in [5, 5.41) is 20.6. The second-order valence-corrected chi connectivity index (χ2v) is 3.95. The number of halogens is 1. The summed E-state index contributed by atoms with van der Waals surface area (Å²) in [7, 11) is 0. The molecule has 1 rings (SSSR count). The summed E-state index contributed by atoms with van der Waals surface area (Å²) >= 11 is 5.90. The second-order valence-electron chi connectivity index (χ2n) is 3.54. The quantitative estimate of drug-likeness (QED) is 0.420. The van der Waals surface area contributed by atoms with E-state index < -0.39 is 5.72 Å².